The van der Waals surface area contributed by atoms with Gasteiger partial charge in [0.1, 0.15) is 11.5 Å². The predicted molar refractivity (Wildman–Crippen MR) is 121 cm³/mol. The van der Waals surface area contributed by atoms with Crippen LogP contribution < -0.4 is 9.47 Å². The molecule has 0 bridgehead atoms. The Hall–Kier alpha value is -1.62. The zero-order valence-electron chi connectivity index (χ0n) is 19.5. The third-order valence-corrected chi connectivity index (χ3v) is 13.3. The minimum atomic E-state index is -1.27. The molecule has 0 saturated carbocycles. The van der Waals surface area contributed by atoms with Gasteiger partial charge in [-0.1, -0.05) is 51.9 Å². The van der Waals surface area contributed by atoms with Crippen molar-refractivity contribution in [3.63, 3.8) is 0 Å². The fourth-order valence-corrected chi connectivity index (χ4v) is 9.05. The molecule has 0 aromatic heterocycles. The number of benzene rings is 1. The number of carbonyl (C=O) groups excluding carboxylic acids is 2. The number of hydrogen-bond acceptors (Lipinski definition) is 4. The van der Waals surface area contributed by atoms with Gasteiger partial charge in [0.2, 0.25) is 0 Å². The third-order valence-electron chi connectivity index (χ3n) is 7.39. The van der Waals surface area contributed by atoms with E-state index in [1.807, 2.05) is 13.8 Å². The van der Waals surface area contributed by atoms with Crippen LogP contribution in [0.2, 0.25) is 24.2 Å². The molecule has 0 aliphatic heterocycles. The molecule has 1 aliphatic rings. The van der Waals surface area contributed by atoms with Crippen molar-refractivity contribution in [2.45, 2.75) is 92.4 Å². The monoisotopic (exact) mass is 418 g/mol. The molecule has 0 N–H and O–H groups in total. The number of rotatable bonds is 7. The van der Waals surface area contributed by atoms with E-state index in [-0.39, 0.29) is 11.9 Å². The predicted octanol–water partition coefficient (Wildman–Crippen LogP) is 6.01. The summed E-state index contributed by atoms with van der Waals surface area (Å²) in [5.74, 6) is 1.85. The average Bonchev–Trinajstić information content (AvgIpc) is 2.67. The normalized spacial score (nSPS) is 18.9. The molecule has 0 spiro atoms. The van der Waals surface area contributed by atoms with Crippen LogP contribution in [0.5, 0.6) is 11.5 Å². The van der Waals surface area contributed by atoms with Crippen LogP contribution in [0, 0.1) is 25.7 Å². The van der Waals surface area contributed by atoms with Gasteiger partial charge in [-0.15, -0.1) is 0 Å². The summed E-state index contributed by atoms with van der Waals surface area (Å²) < 4.78 is 11.4. The van der Waals surface area contributed by atoms with E-state index >= 15 is 0 Å². The summed E-state index contributed by atoms with van der Waals surface area (Å²) in [4.78, 5) is 23.6. The molecule has 0 heterocycles. The first-order valence-electron chi connectivity index (χ1n) is 11.1. The van der Waals surface area contributed by atoms with Crippen molar-refractivity contribution in [1.82, 2.24) is 0 Å². The van der Waals surface area contributed by atoms with Crippen LogP contribution in [0.25, 0.3) is 0 Å². The molecule has 0 amide bonds. The Morgan fingerprint density at radius 2 is 1.28 bits per heavy atom. The second kappa shape index (κ2) is 9.46. The maximum atomic E-state index is 11.8. The first-order valence-corrected chi connectivity index (χ1v) is 13.9. The van der Waals surface area contributed by atoms with Gasteiger partial charge in [-0.2, -0.15) is 0 Å². The number of ether oxygens (including phenoxy) is 2. The molecule has 2 atom stereocenters. The van der Waals surface area contributed by atoms with E-state index in [1.54, 1.807) is 0 Å². The summed E-state index contributed by atoms with van der Waals surface area (Å²) >= 11 is 0. The number of carbonyl (C=O) groups is 2. The van der Waals surface area contributed by atoms with Gasteiger partial charge in [-0.3, -0.25) is 9.59 Å². The highest BCUT2D eigenvalue weighted by Crippen LogP contribution is 2.47. The van der Waals surface area contributed by atoms with Crippen LogP contribution >= 0.6 is 0 Å². The van der Waals surface area contributed by atoms with Crippen molar-refractivity contribution in [3.8, 4) is 11.5 Å². The summed E-state index contributed by atoms with van der Waals surface area (Å²) in [7, 11) is -1.27. The van der Waals surface area contributed by atoms with Crippen LogP contribution in [0.1, 0.15) is 63.8 Å². The largest absolute Gasteiger partial charge is 0.426 e. The molecule has 1 aromatic rings. The summed E-state index contributed by atoms with van der Waals surface area (Å²) in [5, 5.41) is 0. The van der Waals surface area contributed by atoms with Crippen LogP contribution in [0.15, 0.2) is 0 Å². The lowest BCUT2D eigenvalue weighted by Crippen LogP contribution is -2.38. The minimum absolute atomic E-state index is 0.301. The highest BCUT2D eigenvalue weighted by Gasteiger charge is 2.38. The quantitative estimate of drug-likeness (QED) is 0.309. The van der Waals surface area contributed by atoms with E-state index in [0.29, 0.717) is 23.3 Å². The molecular weight excluding hydrogens is 380 g/mol. The molecule has 162 valence electrons. The first kappa shape index (κ1) is 23.7. The lowest BCUT2D eigenvalue weighted by Gasteiger charge is -2.39. The van der Waals surface area contributed by atoms with Gasteiger partial charge in [0.15, 0.2) is 0 Å². The molecular formula is C24H38O4Si. The van der Waals surface area contributed by atoms with Crippen LogP contribution in [0.4, 0.5) is 0 Å². The lowest BCUT2D eigenvalue weighted by atomic mass is 9.75. The Balaban J connectivity index is 2.58. The zero-order valence-corrected chi connectivity index (χ0v) is 20.5. The first-order chi connectivity index (χ1) is 13.6. The number of fused-ring (bicyclic) bond motifs is 1. The van der Waals surface area contributed by atoms with E-state index in [1.165, 1.54) is 38.0 Å². The van der Waals surface area contributed by atoms with Gasteiger partial charge in [-0.05, 0) is 49.7 Å². The Morgan fingerprint density at radius 3 is 1.66 bits per heavy atom. The average molecular weight is 419 g/mol. The van der Waals surface area contributed by atoms with Gasteiger partial charge >= 0.3 is 11.9 Å². The zero-order chi connectivity index (χ0) is 21.9. The molecule has 1 aliphatic carbocycles. The standard InChI is InChI=1S/C24H38O4Si/c1-9-29(10-2,11-3)14-20-13-22-21(12-15(20)4)23(27-18(7)25)16(5)17(6)24(22)28-19(8)26/h15,20H,9-14H2,1-8H3/t15-,20+/m1/s1. The van der Waals surface area contributed by atoms with Gasteiger partial charge in [0.25, 0.3) is 0 Å². The number of hydrogen-bond donors (Lipinski definition) is 0. The van der Waals surface area contributed by atoms with E-state index in [9.17, 15) is 9.59 Å². The summed E-state index contributed by atoms with van der Waals surface area (Å²) in [5.41, 5.74) is 3.92. The van der Waals surface area contributed by atoms with Crippen molar-refractivity contribution >= 4 is 20.0 Å². The van der Waals surface area contributed by atoms with Crippen molar-refractivity contribution < 1.29 is 19.1 Å². The van der Waals surface area contributed by atoms with E-state index in [2.05, 4.69) is 27.7 Å². The molecule has 5 heteroatoms. The van der Waals surface area contributed by atoms with Crippen LogP contribution in [-0.2, 0) is 22.4 Å². The molecule has 29 heavy (non-hydrogen) atoms. The van der Waals surface area contributed by atoms with Crippen molar-refractivity contribution in [3.05, 3.63) is 22.3 Å². The SMILES string of the molecule is CC[Si](CC)(CC)C[C@@H]1Cc2c(c(OC(C)=O)c(C)c(C)c2OC(C)=O)C[C@H]1C. The molecule has 2 rings (SSSR count). The Morgan fingerprint density at radius 1 is 0.862 bits per heavy atom. The van der Waals surface area contributed by atoms with E-state index in [0.717, 1.165) is 35.1 Å². The smallest absolute Gasteiger partial charge is 0.308 e. The van der Waals surface area contributed by atoms with Gasteiger partial charge in [0, 0.05) is 25.0 Å². The molecule has 1 aromatic carbocycles. The fraction of sp³-hybridized carbons (Fsp3) is 0.667. The molecule has 4 nitrogen and oxygen atoms in total. The van der Waals surface area contributed by atoms with Crippen molar-refractivity contribution in [2.24, 2.45) is 11.8 Å². The maximum absolute atomic E-state index is 11.8. The fourth-order valence-electron chi connectivity index (χ4n) is 5.03. The summed E-state index contributed by atoms with van der Waals surface area (Å²) in [6.07, 6.45) is 1.75. The topological polar surface area (TPSA) is 52.6 Å². The van der Waals surface area contributed by atoms with E-state index in [4.69, 9.17) is 9.47 Å². The highest BCUT2D eigenvalue weighted by atomic mass is 28.3. The highest BCUT2D eigenvalue weighted by molar-refractivity contribution is 6.79. The second-order valence-electron chi connectivity index (χ2n) is 8.96. The molecule has 0 unspecified atom stereocenters. The Labute approximate surface area is 177 Å². The van der Waals surface area contributed by atoms with Gasteiger partial charge in [0.05, 0.1) is 8.07 Å². The second-order valence-corrected chi connectivity index (χ2v) is 14.5. The Kier molecular flexibility index (Phi) is 7.72. The summed E-state index contributed by atoms with van der Waals surface area (Å²) in [6, 6.07) is 5.27. The minimum Gasteiger partial charge on any atom is -0.426 e. The molecule has 0 saturated heterocycles. The lowest BCUT2D eigenvalue weighted by molar-refractivity contribution is -0.133. The molecule has 0 radical (unpaired) electrons. The number of esters is 2. The molecule has 0 fully saturated rings. The maximum Gasteiger partial charge on any atom is 0.308 e. The van der Waals surface area contributed by atoms with E-state index < -0.39 is 8.07 Å². The van der Waals surface area contributed by atoms with Gasteiger partial charge < -0.3 is 9.47 Å². The van der Waals surface area contributed by atoms with Crippen molar-refractivity contribution in [1.29, 1.82) is 0 Å². The third kappa shape index (κ3) is 4.93. The Bertz CT molecular complexity index is 772. The van der Waals surface area contributed by atoms with Crippen LogP contribution in [-0.4, -0.2) is 20.0 Å². The van der Waals surface area contributed by atoms with Gasteiger partial charge in [-0.25, -0.2) is 0 Å². The summed E-state index contributed by atoms with van der Waals surface area (Å²) in [6.45, 7) is 16.2. The van der Waals surface area contributed by atoms with Crippen LogP contribution in [0.3, 0.4) is 0 Å². The van der Waals surface area contributed by atoms with Crippen molar-refractivity contribution in [2.75, 3.05) is 0 Å².